The van der Waals surface area contributed by atoms with Gasteiger partial charge in [0.05, 0.1) is 31.3 Å². The van der Waals surface area contributed by atoms with Gasteiger partial charge in [-0.25, -0.2) is 13.6 Å². The minimum Gasteiger partial charge on any atom is -0.331 e. The third-order valence-corrected chi connectivity index (χ3v) is 7.04. The minimum atomic E-state index is -3.77. The summed E-state index contributed by atoms with van der Waals surface area (Å²) in [5, 5.41) is 17.4. The molecule has 0 aliphatic rings. The number of benzene rings is 2. The maximum Gasteiger partial charge on any atom is 0.238 e. The standard InChI is InChI=1S/C22H28N6O3S2/c1-4-19(27(2)3)21-25-26-22(28(21)14-16-8-6-5-7-9-16)32-15-20(29)24-17-10-12-18(13-11-17)33(23,30)31/h5-13,19H,4,14-15H2,1-3H3,(H,24,29)(H2,23,30,31)/p+1. The van der Waals surface area contributed by atoms with Crippen molar-refractivity contribution in [2.45, 2.75) is 36.0 Å². The zero-order valence-electron chi connectivity index (χ0n) is 18.9. The lowest BCUT2D eigenvalue weighted by Gasteiger charge is -2.20. The van der Waals surface area contributed by atoms with Gasteiger partial charge in [0.25, 0.3) is 0 Å². The van der Waals surface area contributed by atoms with E-state index in [9.17, 15) is 13.2 Å². The normalized spacial score (nSPS) is 12.6. The number of amides is 1. The molecule has 176 valence electrons. The highest BCUT2D eigenvalue weighted by Gasteiger charge is 2.25. The van der Waals surface area contributed by atoms with Crippen molar-refractivity contribution in [1.82, 2.24) is 14.8 Å². The van der Waals surface area contributed by atoms with Crippen LogP contribution in [0.3, 0.4) is 0 Å². The maximum atomic E-state index is 12.5. The third kappa shape index (κ3) is 6.64. The predicted molar refractivity (Wildman–Crippen MR) is 129 cm³/mol. The van der Waals surface area contributed by atoms with Gasteiger partial charge in [-0.2, -0.15) is 0 Å². The molecule has 1 amide bonds. The number of hydrogen-bond donors (Lipinski definition) is 3. The molecule has 1 heterocycles. The molecule has 0 saturated heterocycles. The molecule has 4 N–H and O–H groups in total. The first-order valence-electron chi connectivity index (χ1n) is 10.5. The van der Waals surface area contributed by atoms with E-state index in [0.717, 1.165) is 17.8 Å². The van der Waals surface area contributed by atoms with E-state index in [0.29, 0.717) is 17.4 Å². The Morgan fingerprint density at radius 2 is 1.79 bits per heavy atom. The average Bonchev–Trinajstić information content (AvgIpc) is 3.15. The summed E-state index contributed by atoms with van der Waals surface area (Å²) in [6.07, 6.45) is 0.912. The molecule has 3 aromatic rings. The summed E-state index contributed by atoms with van der Waals surface area (Å²) >= 11 is 1.31. The fourth-order valence-corrected chi connectivity index (χ4v) is 4.74. The van der Waals surface area contributed by atoms with Crippen LogP contribution in [-0.4, -0.2) is 48.9 Å². The third-order valence-electron chi connectivity index (χ3n) is 5.14. The number of nitrogens with zero attached hydrogens (tertiary/aromatic N) is 3. The summed E-state index contributed by atoms with van der Waals surface area (Å²) in [6.45, 7) is 2.74. The Kier molecular flexibility index (Phi) is 8.25. The van der Waals surface area contributed by atoms with Gasteiger partial charge < -0.3 is 10.2 Å². The number of rotatable bonds is 10. The lowest BCUT2D eigenvalue weighted by molar-refractivity contribution is -0.893. The molecule has 1 aromatic heterocycles. The van der Waals surface area contributed by atoms with Crippen LogP contribution in [-0.2, 0) is 21.4 Å². The molecular weight excluding hydrogens is 460 g/mol. The molecule has 33 heavy (non-hydrogen) atoms. The van der Waals surface area contributed by atoms with E-state index in [1.165, 1.54) is 40.9 Å². The molecule has 1 atom stereocenters. The summed E-state index contributed by atoms with van der Waals surface area (Å²) in [5.41, 5.74) is 1.62. The Bertz CT molecular complexity index is 1180. The summed E-state index contributed by atoms with van der Waals surface area (Å²) in [4.78, 5) is 13.8. The molecule has 0 radical (unpaired) electrons. The number of carbonyl (C=O) groups is 1. The number of nitrogens with one attached hydrogen (secondary N) is 2. The molecule has 3 rings (SSSR count). The topological polar surface area (TPSA) is 124 Å². The Morgan fingerprint density at radius 3 is 2.36 bits per heavy atom. The highest BCUT2D eigenvalue weighted by molar-refractivity contribution is 7.99. The number of aromatic nitrogens is 3. The summed E-state index contributed by atoms with van der Waals surface area (Å²) in [5.74, 6) is 0.794. The van der Waals surface area contributed by atoms with Crippen LogP contribution >= 0.6 is 11.8 Å². The van der Waals surface area contributed by atoms with Crippen molar-refractivity contribution in [3.05, 3.63) is 66.0 Å². The van der Waals surface area contributed by atoms with Crippen LogP contribution in [0.4, 0.5) is 5.69 Å². The van der Waals surface area contributed by atoms with E-state index in [2.05, 4.69) is 53.2 Å². The quantitative estimate of drug-likeness (QED) is 0.369. The largest absolute Gasteiger partial charge is 0.331 e. The first-order valence-corrected chi connectivity index (χ1v) is 13.0. The van der Waals surface area contributed by atoms with Gasteiger partial charge >= 0.3 is 0 Å². The van der Waals surface area contributed by atoms with Gasteiger partial charge in [-0.05, 0) is 29.8 Å². The number of quaternary nitrogens is 1. The fraction of sp³-hybridized carbons (Fsp3) is 0.318. The summed E-state index contributed by atoms with van der Waals surface area (Å²) in [6, 6.07) is 16.0. The van der Waals surface area contributed by atoms with Crippen molar-refractivity contribution < 1.29 is 18.1 Å². The maximum absolute atomic E-state index is 12.5. The zero-order valence-corrected chi connectivity index (χ0v) is 20.5. The van der Waals surface area contributed by atoms with Crippen LogP contribution in [0.15, 0.2) is 64.6 Å². The average molecular weight is 490 g/mol. The van der Waals surface area contributed by atoms with Gasteiger partial charge in [0.2, 0.25) is 15.9 Å². The Balaban J connectivity index is 1.74. The van der Waals surface area contributed by atoms with Gasteiger partial charge in [-0.1, -0.05) is 49.0 Å². The number of anilines is 1. The number of thioether (sulfide) groups is 1. The van der Waals surface area contributed by atoms with Crippen molar-refractivity contribution in [3.63, 3.8) is 0 Å². The van der Waals surface area contributed by atoms with Gasteiger partial charge in [0.1, 0.15) is 6.04 Å². The number of sulfonamides is 1. The first kappa shape index (κ1) is 24.9. The fourth-order valence-electron chi connectivity index (χ4n) is 3.48. The van der Waals surface area contributed by atoms with Gasteiger partial charge in [0, 0.05) is 12.1 Å². The van der Waals surface area contributed by atoms with Crippen LogP contribution in [0, 0.1) is 0 Å². The van der Waals surface area contributed by atoms with E-state index in [1.807, 2.05) is 18.2 Å². The molecule has 0 fully saturated rings. The molecule has 0 saturated carbocycles. The zero-order chi connectivity index (χ0) is 24.0. The van der Waals surface area contributed by atoms with Gasteiger partial charge in [-0.15, -0.1) is 10.2 Å². The number of hydrogen-bond acceptors (Lipinski definition) is 6. The van der Waals surface area contributed by atoms with E-state index < -0.39 is 10.0 Å². The Hall–Kier alpha value is -2.73. The second-order valence-corrected chi connectivity index (χ2v) is 10.4. The number of carbonyl (C=O) groups excluding carboxylic acids is 1. The van der Waals surface area contributed by atoms with Gasteiger partial charge in [0.15, 0.2) is 11.0 Å². The van der Waals surface area contributed by atoms with Crippen molar-refractivity contribution in [2.24, 2.45) is 5.14 Å². The molecular formula is C22H29N6O3S2+. The highest BCUT2D eigenvalue weighted by Crippen LogP contribution is 2.23. The monoisotopic (exact) mass is 489 g/mol. The molecule has 11 heteroatoms. The summed E-state index contributed by atoms with van der Waals surface area (Å²) < 4.78 is 24.8. The van der Waals surface area contributed by atoms with Crippen LogP contribution in [0.2, 0.25) is 0 Å². The van der Waals surface area contributed by atoms with Crippen LogP contribution in [0.25, 0.3) is 0 Å². The van der Waals surface area contributed by atoms with Crippen molar-refractivity contribution in [1.29, 1.82) is 0 Å². The van der Waals surface area contributed by atoms with Crippen LogP contribution in [0.5, 0.6) is 0 Å². The van der Waals surface area contributed by atoms with Crippen molar-refractivity contribution in [2.75, 3.05) is 25.2 Å². The highest BCUT2D eigenvalue weighted by atomic mass is 32.2. The first-order chi connectivity index (χ1) is 15.7. The molecule has 9 nitrogen and oxygen atoms in total. The Labute approximate surface area is 198 Å². The van der Waals surface area contributed by atoms with Crippen LogP contribution in [0.1, 0.15) is 30.8 Å². The van der Waals surface area contributed by atoms with E-state index >= 15 is 0 Å². The van der Waals surface area contributed by atoms with Crippen LogP contribution < -0.4 is 15.4 Å². The smallest absolute Gasteiger partial charge is 0.238 e. The molecule has 0 bridgehead atoms. The van der Waals surface area contributed by atoms with E-state index in [1.54, 1.807) is 0 Å². The lowest BCUT2D eigenvalue weighted by Crippen LogP contribution is -3.06. The van der Waals surface area contributed by atoms with E-state index in [4.69, 9.17) is 5.14 Å². The second kappa shape index (κ2) is 10.9. The molecule has 0 aliphatic heterocycles. The number of nitrogens with two attached hydrogens (primary N) is 1. The number of primary sulfonamides is 1. The molecule has 1 unspecified atom stereocenters. The lowest BCUT2D eigenvalue weighted by atomic mass is 10.2. The molecule has 0 aliphatic carbocycles. The molecule has 0 spiro atoms. The second-order valence-electron chi connectivity index (χ2n) is 7.86. The van der Waals surface area contributed by atoms with Gasteiger partial charge in [-0.3, -0.25) is 9.36 Å². The Morgan fingerprint density at radius 1 is 1.12 bits per heavy atom. The SMILES string of the molecule is CCC(c1nnc(SCC(=O)Nc2ccc(S(N)(=O)=O)cc2)n1Cc1ccccc1)[NH+](C)C. The minimum absolute atomic E-state index is 0.00934. The van der Waals surface area contributed by atoms with Crippen molar-refractivity contribution in [3.8, 4) is 0 Å². The molecule has 2 aromatic carbocycles. The summed E-state index contributed by atoms with van der Waals surface area (Å²) in [7, 11) is 0.414. The van der Waals surface area contributed by atoms with E-state index in [-0.39, 0.29) is 22.6 Å². The predicted octanol–water partition coefficient (Wildman–Crippen LogP) is 1.30. The van der Waals surface area contributed by atoms with Crippen molar-refractivity contribution >= 4 is 33.4 Å².